The van der Waals surface area contributed by atoms with Gasteiger partial charge in [0.15, 0.2) is 5.96 Å². The molecule has 1 saturated carbocycles. The molecule has 5 nitrogen and oxygen atoms in total. The first-order valence-electron chi connectivity index (χ1n) is 8.70. The zero-order chi connectivity index (χ0) is 16.1. The summed E-state index contributed by atoms with van der Waals surface area (Å²) >= 11 is 0. The third-order valence-corrected chi connectivity index (χ3v) is 4.60. The second kappa shape index (κ2) is 7.68. The van der Waals surface area contributed by atoms with E-state index in [4.69, 9.17) is 4.42 Å². The van der Waals surface area contributed by atoms with Gasteiger partial charge in [-0.25, -0.2) is 0 Å². The first kappa shape index (κ1) is 16.1. The molecule has 2 unspecified atom stereocenters. The molecule has 0 spiro atoms. The van der Waals surface area contributed by atoms with Gasteiger partial charge in [-0.3, -0.25) is 9.89 Å². The molecular weight excluding hydrogens is 288 g/mol. The Morgan fingerprint density at radius 3 is 3.09 bits per heavy atom. The molecule has 0 radical (unpaired) electrons. The van der Waals surface area contributed by atoms with E-state index in [0.717, 1.165) is 37.3 Å². The number of rotatable bonds is 7. The van der Waals surface area contributed by atoms with E-state index in [1.807, 2.05) is 18.2 Å². The van der Waals surface area contributed by atoms with E-state index in [-0.39, 0.29) is 0 Å². The standard InChI is InChI=1S/C18H28N4O/c1-3-9-19-18(20-10-8-17-5-4-11-23-17)21-15-12-14(2)22(13-15)16-6-7-16/h3-5,11,14-16H,1,6-10,12-13H2,2H3,(H2,19,20,21). The van der Waals surface area contributed by atoms with Crippen LogP contribution in [0.15, 0.2) is 40.5 Å². The summed E-state index contributed by atoms with van der Waals surface area (Å²) in [5.41, 5.74) is 0. The van der Waals surface area contributed by atoms with Gasteiger partial charge in [0, 0.05) is 44.2 Å². The lowest BCUT2D eigenvalue weighted by molar-refractivity contribution is 0.256. The summed E-state index contributed by atoms with van der Waals surface area (Å²) in [5, 5.41) is 6.92. The average molecular weight is 316 g/mol. The van der Waals surface area contributed by atoms with Gasteiger partial charge in [0.05, 0.1) is 6.26 Å². The Bertz CT molecular complexity index is 521. The number of aliphatic imine (C=N–C) groups is 1. The molecule has 3 rings (SSSR count). The van der Waals surface area contributed by atoms with Crippen LogP contribution in [0.4, 0.5) is 0 Å². The summed E-state index contributed by atoms with van der Waals surface area (Å²) in [6.45, 7) is 8.67. The van der Waals surface area contributed by atoms with Crippen molar-refractivity contribution in [3.63, 3.8) is 0 Å². The molecule has 2 fully saturated rings. The van der Waals surface area contributed by atoms with Crippen molar-refractivity contribution in [2.75, 3.05) is 19.6 Å². The fourth-order valence-electron chi connectivity index (χ4n) is 3.32. The molecule has 1 saturated heterocycles. The van der Waals surface area contributed by atoms with Gasteiger partial charge in [0.2, 0.25) is 0 Å². The molecule has 2 atom stereocenters. The van der Waals surface area contributed by atoms with E-state index >= 15 is 0 Å². The van der Waals surface area contributed by atoms with Crippen LogP contribution in [0.1, 0.15) is 31.9 Å². The van der Waals surface area contributed by atoms with E-state index in [1.54, 1.807) is 6.26 Å². The van der Waals surface area contributed by atoms with Crippen molar-refractivity contribution in [3.8, 4) is 0 Å². The van der Waals surface area contributed by atoms with Gasteiger partial charge in [-0.2, -0.15) is 0 Å². The molecule has 5 heteroatoms. The molecule has 0 aromatic carbocycles. The van der Waals surface area contributed by atoms with Crippen LogP contribution >= 0.6 is 0 Å². The van der Waals surface area contributed by atoms with E-state index < -0.39 is 0 Å². The molecule has 2 heterocycles. The molecule has 2 N–H and O–H groups in total. The third-order valence-electron chi connectivity index (χ3n) is 4.60. The Balaban J connectivity index is 1.52. The molecule has 1 aromatic heterocycles. The van der Waals surface area contributed by atoms with Crippen LogP contribution in [0, 0.1) is 0 Å². The first-order chi connectivity index (χ1) is 11.3. The quantitative estimate of drug-likeness (QED) is 0.460. The lowest BCUT2D eigenvalue weighted by Crippen LogP contribution is -2.45. The van der Waals surface area contributed by atoms with Crippen LogP contribution in [0.3, 0.4) is 0 Å². The van der Waals surface area contributed by atoms with E-state index in [1.165, 1.54) is 19.3 Å². The van der Waals surface area contributed by atoms with Gasteiger partial charge in [-0.05, 0) is 38.3 Å². The SMILES string of the molecule is C=CCNC(=NCCc1ccco1)NC1CC(C)N(C2CC2)C1. The Labute approximate surface area is 138 Å². The molecule has 126 valence electrons. The van der Waals surface area contributed by atoms with Gasteiger partial charge in [0.1, 0.15) is 5.76 Å². The van der Waals surface area contributed by atoms with Crippen LogP contribution in [0.25, 0.3) is 0 Å². The highest BCUT2D eigenvalue weighted by Gasteiger charge is 2.38. The van der Waals surface area contributed by atoms with Crippen molar-refractivity contribution in [1.82, 2.24) is 15.5 Å². The monoisotopic (exact) mass is 316 g/mol. The van der Waals surface area contributed by atoms with Crippen molar-refractivity contribution in [2.24, 2.45) is 4.99 Å². The molecule has 1 aliphatic heterocycles. The van der Waals surface area contributed by atoms with Crippen molar-refractivity contribution < 1.29 is 4.42 Å². The summed E-state index contributed by atoms with van der Waals surface area (Å²) in [5.74, 6) is 1.86. The maximum Gasteiger partial charge on any atom is 0.191 e. The highest BCUT2D eigenvalue weighted by atomic mass is 16.3. The second-order valence-corrected chi connectivity index (χ2v) is 6.58. The van der Waals surface area contributed by atoms with Gasteiger partial charge in [0.25, 0.3) is 0 Å². The average Bonchev–Trinajstić information content (AvgIpc) is 3.12. The normalized spacial score (nSPS) is 25.5. The van der Waals surface area contributed by atoms with Crippen LogP contribution in [0.5, 0.6) is 0 Å². The minimum atomic E-state index is 0.477. The minimum Gasteiger partial charge on any atom is -0.469 e. The predicted molar refractivity (Wildman–Crippen MR) is 93.6 cm³/mol. The van der Waals surface area contributed by atoms with Crippen molar-refractivity contribution in [3.05, 3.63) is 36.8 Å². The topological polar surface area (TPSA) is 52.8 Å². The lowest BCUT2D eigenvalue weighted by Gasteiger charge is -2.20. The predicted octanol–water partition coefficient (Wildman–Crippen LogP) is 2.17. The Kier molecular flexibility index (Phi) is 5.39. The minimum absolute atomic E-state index is 0.477. The van der Waals surface area contributed by atoms with Gasteiger partial charge < -0.3 is 15.1 Å². The summed E-state index contributed by atoms with van der Waals surface area (Å²) in [6.07, 6.45) is 8.32. The Morgan fingerprint density at radius 2 is 2.39 bits per heavy atom. The van der Waals surface area contributed by atoms with E-state index in [0.29, 0.717) is 18.6 Å². The summed E-state index contributed by atoms with van der Waals surface area (Å²) < 4.78 is 5.36. The second-order valence-electron chi connectivity index (χ2n) is 6.58. The van der Waals surface area contributed by atoms with Crippen LogP contribution in [0.2, 0.25) is 0 Å². The first-order valence-corrected chi connectivity index (χ1v) is 8.70. The number of nitrogens with one attached hydrogen (secondary N) is 2. The fourth-order valence-corrected chi connectivity index (χ4v) is 3.32. The summed E-state index contributed by atoms with van der Waals surface area (Å²) in [7, 11) is 0. The largest absolute Gasteiger partial charge is 0.469 e. The lowest BCUT2D eigenvalue weighted by atomic mass is 10.2. The Morgan fingerprint density at radius 1 is 1.52 bits per heavy atom. The highest BCUT2D eigenvalue weighted by molar-refractivity contribution is 5.80. The number of nitrogens with zero attached hydrogens (tertiary/aromatic N) is 2. The summed E-state index contributed by atoms with van der Waals surface area (Å²) in [4.78, 5) is 7.32. The number of likely N-dealkylation sites (tertiary alicyclic amines) is 1. The van der Waals surface area contributed by atoms with Crippen molar-refractivity contribution >= 4 is 5.96 Å². The molecule has 1 aliphatic carbocycles. The van der Waals surface area contributed by atoms with Crippen LogP contribution < -0.4 is 10.6 Å². The molecule has 2 aliphatic rings. The molecular formula is C18H28N4O. The van der Waals surface area contributed by atoms with E-state index in [9.17, 15) is 0 Å². The molecule has 23 heavy (non-hydrogen) atoms. The summed E-state index contributed by atoms with van der Waals surface area (Å²) in [6, 6.07) is 5.89. The maximum absolute atomic E-state index is 5.36. The van der Waals surface area contributed by atoms with Crippen molar-refractivity contribution in [1.29, 1.82) is 0 Å². The maximum atomic E-state index is 5.36. The molecule has 1 aromatic rings. The zero-order valence-electron chi connectivity index (χ0n) is 14.0. The number of hydrogen-bond donors (Lipinski definition) is 2. The van der Waals surface area contributed by atoms with E-state index in [2.05, 4.69) is 34.0 Å². The van der Waals surface area contributed by atoms with Crippen molar-refractivity contribution in [2.45, 2.75) is 50.7 Å². The number of hydrogen-bond acceptors (Lipinski definition) is 3. The number of guanidine groups is 1. The highest BCUT2D eigenvalue weighted by Crippen LogP contribution is 2.33. The number of furan rings is 1. The fraction of sp³-hybridized carbons (Fsp3) is 0.611. The van der Waals surface area contributed by atoms with Crippen LogP contribution in [-0.4, -0.2) is 48.6 Å². The van der Waals surface area contributed by atoms with Gasteiger partial charge >= 0.3 is 0 Å². The Hall–Kier alpha value is -1.75. The molecule has 0 amide bonds. The van der Waals surface area contributed by atoms with Gasteiger partial charge in [-0.1, -0.05) is 6.08 Å². The third kappa shape index (κ3) is 4.61. The zero-order valence-corrected chi connectivity index (χ0v) is 14.0. The van der Waals surface area contributed by atoms with Crippen LogP contribution in [-0.2, 0) is 6.42 Å². The molecule has 0 bridgehead atoms. The van der Waals surface area contributed by atoms with Gasteiger partial charge in [-0.15, -0.1) is 6.58 Å². The smallest absolute Gasteiger partial charge is 0.191 e.